The Hall–Kier alpha value is -1.62. The van der Waals surface area contributed by atoms with Gasteiger partial charge in [-0.05, 0) is 12.1 Å². The summed E-state index contributed by atoms with van der Waals surface area (Å²) in [5, 5.41) is 6.06. The molecule has 0 radical (unpaired) electrons. The Balaban J connectivity index is 2.17. The van der Waals surface area contributed by atoms with Crippen LogP contribution in [0.15, 0.2) is 23.6 Å². The number of anilines is 3. The van der Waals surface area contributed by atoms with E-state index in [1.54, 1.807) is 17.4 Å². The molecule has 17 heavy (non-hydrogen) atoms. The summed E-state index contributed by atoms with van der Waals surface area (Å²) < 4.78 is 0. The monoisotopic (exact) mass is 248 g/mol. The third-order valence-corrected chi connectivity index (χ3v) is 3.04. The van der Waals surface area contributed by atoms with E-state index in [-0.39, 0.29) is 5.41 Å². The van der Waals surface area contributed by atoms with Gasteiger partial charge in [-0.2, -0.15) is 0 Å². The Morgan fingerprint density at radius 1 is 1.24 bits per heavy atom. The van der Waals surface area contributed by atoms with Crippen molar-refractivity contribution in [3.8, 4) is 0 Å². The molecule has 0 spiro atoms. The van der Waals surface area contributed by atoms with Crippen molar-refractivity contribution in [2.75, 3.05) is 11.1 Å². The van der Waals surface area contributed by atoms with E-state index in [0.717, 1.165) is 16.6 Å². The summed E-state index contributed by atoms with van der Waals surface area (Å²) in [6.45, 7) is 6.43. The van der Waals surface area contributed by atoms with Crippen molar-refractivity contribution >= 4 is 28.1 Å². The van der Waals surface area contributed by atoms with Crippen LogP contribution < -0.4 is 11.1 Å². The molecule has 0 bridgehead atoms. The van der Waals surface area contributed by atoms with Crippen molar-refractivity contribution in [3.63, 3.8) is 0 Å². The molecule has 2 aromatic heterocycles. The first-order valence-electron chi connectivity index (χ1n) is 5.41. The predicted molar refractivity (Wildman–Crippen MR) is 72.7 cm³/mol. The van der Waals surface area contributed by atoms with Crippen molar-refractivity contribution in [1.82, 2.24) is 9.97 Å². The molecule has 0 saturated heterocycles. The van der Waals surface area contributed by atoms with Gasteiger partial charge in [-0.25, -0.2) is 9.97 Å². The number of nitrogens with two attached hydrogens (primary N) is 1. The molecule has 2 rings (SSSR count). The Morgan fingerprint density at radius 2 is 2.00 bits per heavy atom. The van der Waals surface area contributed by atoms with Gasteiger partial charge in [0, 0.05) is 10.8 Å². The zero-order valence-electron chi connectivity index (χ0n) is 10.2. The van der Waals surface area contributed by atoms with Crippen molar-refractivity contribution < 1.29 is 0 Å². The molecule has 2 aromatic rings. The number of nitrogens with one attached hydrogen (secondary N) is 1. The second kappa shape index (κ2) is 4.33. The Bertz CT molecular complexity index is 513. The number of aromatic nitrogens is 2. The summed E-state index contributed by atoms with van der Waals surface area (Å²) in [4.78, 5) is 8.71. The quantitative estimate of drug-likeness (QED) is 0.857. The number of nitrogens with zero attached hydrogens (tertiary/aromatic N) is 2. The van der Waals surface area contributed by atoms with Crippen molar-refractivity contribution in [1.29, 1.82) is 0 Å². The standard InChI is InChI=1S/C12H16N4S/c1-12(2,3)8-7-17-11(14-8)16-10-6-4-5-9(13)15-10/h4-7H,1-3H3,(H3,13,14,15,16). The SMILES string of the molecule is CC(C)(C)c1csc(Nc2cccc(N)n2)n1. The lowest BCUT2D eigenvalue weighted by atomic mass is 9.93. The Morgan fingerprint density at radius 3 is 2.59 bits per heavy atom. The van der Waals surface area contributed by atoms with Crippen LogP contribution in [-0.4, -0.2) is 9.97 Å². The lowest BCUT2D eigenvalue weighted by Crippen LogP contribution is -2.11. The van der Waals surface area contributed by atoms with Gasteiger partial charge in [-0.3, -0.25) is 0 Å². The maximum atomic E-state index is 5.62. The topological polar surface area (TPSA) is 63.8 Å². The molecule has 0 aliphatic carbocycles. The third kappa shape index (κ3) is 2.94. The molecular formula is C12H16N4S. The van der Waals surface area contributed by atoms with Crippen molar-refractivity contribution in [2.45, 2.75) is 26.2 Å². The highest BCUT2D eigenvalue weighted by Crippen LogP contribution is 2.27. The first-order chi connectivity index (χ1) is 7.95. The van der Waals surface area contributed by atoms with E-state index >= 15 is 0 Å². The molecule has 0 atom stereocenters. The van der Waals surface area contributed by atoms with Crippen LogP contribution in [0.5, 0.6) is 0 Å². The second-order valence-corrected chi connectivity index (χ2v) is 5.72. The normalized spacial score (nSPS) is 11.5. The highest BCUT2D eigenvalue weighted by molar-refractivity contribution is 7.13. The molecule has 5 heteroatoms. The molecule has 0 aliphatic rings. The summed E-state index contributed by atoms with van der Waals surface area (Å²) in [7, 11) is 0. The molecule has 3 N–H and O–H groups in total. The van der Waals surface area contributed by atoms with Gasteiger partial charge in [0.2, 0.25) is 0 Å². The summed E-state index contributed by atoms with van der Waals surface area (Å²) >= 11 is 1.57. The molecule has 90 valence electrons. The van der Waals surface area contributed by atoms with Crippen LogP contribution in [0.1, 0.15) is 26.5 Å². The molecular weight excluding hydrogens is 232 g/mol. The van der Waals surface area contributed by atoms with E-state index in [4.69, 9.17) is 5.73 Å². The molecule has 0 aromatic carbocycles. The van der Waals surface area contributed by atoms with E-state index in [1.807, 2.05) is 12.1 Å². The fraction of sp³-hybridized carbons (Fsp3) is 0.333. The van der Waals surface area contributed by atoms with Crippen LogP contribution in [0.25, 0.3) is 0 Å². The zero-order valence-corrected chi connectivity index (χ0v) is 11.0. The van der Waals surface area contributed by atoms with Crippen LogP contribution in [-0.2, 0) is 5.41 Å². The smallest absolute Gasteiger partial charge is 0.188 e. The number of hydrogen-bond acceptors (Lipinski definition) is 5. The van der Waals surface area contributed by atoms with Crippen molar-refractivity contribution in [3.05, 3.63) is 29.3 Å². The zero-order chi connectivity index (χ0) is 12.5. The minimum Gasteiger partial charge on any atom is -0.384 e. The highest BCUT2D eigenvalue weighted by atomic mass is 32.1. The average molecular weight is 248 g/mol. The highest BCUT2D eigenvalue weighted by Gasteiger charge is 2.17. The molecule has 0 amide bonds. The lowest BCUT2D eigenvalue weighted by Gasteiger charge is -2.14. The summed E-state index contributed by atoms with van der Waals surface area (Å²) in [5.74, 6) is 1.22. The lowest BCUT2D eigenvalue weighted by molar-refractivity contribution is 0.573. The maximum absolute atomic E-state index is 5.62. The van der Waals surface area contributed by atoms with Gasteiger partial charge in [0.15, 0.2) is 5.13 Å². The van der Waals surface area contributed by atoms with Gasteiger partial charge < -0.3 is 11.1 Å². The predicted octanol–water partition coefficient (Wildman–Crippen LogP) is 3.16. The van der Waals surface area contributed by atoms with Gasteiger partial charge >= 0.3 is 0 Å². The number of nitrogen functional groups attached to an aromatic ring is 1. The largest absolute Gasteiger partial charge is 0.384 e. The van der Waals surface area contributed by atoms with E-state index < -0.39 is 0 Å². The Kier molecular flexibility index (Phi) is 3.02. The van der Waals surface area contributed by atoms with Crippen LogP contribution in [0.2, 0.25) is 0 Å². The minimum atomic E-state index is 0.0690. The van der Waals surface area contributed by atoms with Gasteiger partial charge in [0.1, 0.15) is 11.6 Å². The van der Waals surface area contributed by atoms with E-state index in [1.165, 1.54) is 0 Å². The van der Waals surface area contributed by atoms with E-state index in [2.05, 4.69) is 41.4 Å². The summed E-state index contributed by atoms with van der Waals surface area (Å²) in [5.41, 5.74) is 6.77. The Labute approximate surface area is 105 Å². The maximum Gasteiger partial charge on any atom is 0.188 e. The number of pyridine rings is 1. The van der Waals surface area contributed by atoms with Crippen molar-refractivity contribution in [2.24, 2.45) is 0 Å². The molecule has 2 heterocycles. The number of hydrogen-bond donors (Lipinski definition) is 2. The van der Waals surface area contributed by atoms with Crippen LogP contribution in [0.4, 0.5) is 16.8 Å². The van der Waals surface area contributed by atoms with Crippen LogP contribution in [0.3, 0.4) is 0 Å². The fourth-order valence-electron chi connectivity index (χ4n) is 1.31. The molecule has 0 aliphatic heterocycles. The van der Waals surface area contributed by atoms with E-state index in [9.17, 15) is 0 Å². The van der Waals surface area contributed by atoms with E-state index in [0.29, 0.717) is 5.82 Å². The molecule has 4 nitrogen and oxygen atoms in total. The summed E-state index contributed by atoms with van der Waals surface area (Å²) in [6.07, 6.45) is 0. The van der Waals surface area contributed by atoms with Crippen LogP contribution >= 0.6 is 11.3 Å². The van der Waals surface area contributed by atoms with Crippen LogP contribution in [0, 0.1) is 0 Å². The van der Waals surface area contributed by atoms with Gasteiger partial charge in [-0.1, -0.05) is 26.8 Å². The van der Waals surface area contributed by atoms with Gasteiger partial charge in [0.05, 0.1) is 5.69 Å². The van der Waals surface area contributed by atoms with Gasteiger partial charge in [-0.15, -0.1) is 11.3 Å². The number of rotatable bonds is 2. The second-order valence-electron chi connectivity index (χ2n) is 4.86. The molecule has 0 fully saturated rings. The first kappa shape index (κ1) is 11.9. The molecule has 0 unspecified atom stereocenters. The minimum absolute atomic E-state index is 0.0690. The average Bonchev–Trinajstić information content (AvgIpc) is 2.65. The molecule has 0 saturated carbocycles. The fourth-order valence-corrected chi connectivity index (χ4v) is 2.25. The summed E-state index contributed by atoms with van der Waals surface area (Å²) in [6, 6.07) is 5.49. The first-order valence-corrected chi connectivity index (χ1v) is 6.29. The third-order valence-electron chi connectivity index (χ3n) is 2.28. The van der Waals surface area contributed by atoms with Gasteiger partial charge in [0.25, 0.3) is 0 Å². The number of thiazole rings is 1.